The number of amides is 4. The van der Waals surface area contributed by atoms with Gasteiger partial charge < -0.3 is 19.9 Å². The van der Waals surface area contributed by atoms with Gasteiger partial charge in [-0.15, -0.1) is 0 Å². The van der Waals surface area contributed by atoms with Crippen LogP contribution in [0, 0.1) is 0 Å². The minimum absolute atomic E-state index is 0.122. The minimum atomic E-state index is -0.692. The first-order chi connectivity index (χ1) is 15.6. The Balaban J connectivity index is 1.35. The molecule has 4 amide bonds. The SMILES string of the molecule is COCCn1ccc2c(NC(=O)CC[C@H]3NC(=O)N(Cc4ccccc4)C3=O)cccc21. The van der Waals surface area contributed by atoms with Crippen molar-refractivity contribution in [1.82, 2.24) is 14.8 Å². The summed E-state index contributed by atoms with van der Waals surface area (Å²) in [6.45, 7) is 1.54. The smallest absolute Gasteiger partial charge is 0.325 e. The molecule has 32 heavy (non-hydrogen) atoms. The quantitative estimate of drug-likeness (QED) is 0.506. The molecule has 1 aliphatic rings. The highest BCUT2D eigenvalue weighted by Crippen LogP contribution is 2.25. The molecule has 0 aliphatic carbocycles. The molecule has 1 atom stereocenters. The molecular weight excluding hydrogens is 408 g/mol. The van der Waals surface area contributed by atoms with Crippen molar-refractivity contribution in [2.24, 2.45) is 0 Å². The van der Waals surface area contributed by atoms with Crippen LogP contribution in [-0.2, 0) is 27.4 Å². The van der Waals surface area contributed by atoms with Crippen molar-refractivity contribution in [2.75, 3.05) is 19.0 Å². The number of rotatable bonds is 9. The van der Waals surface area contributed by atoms with E-state index in [0.29, 0.717) is 6.61 Å². The maximum Gasteiger partial charge on any atom is 0.325 e. The van der Waals surface area contributed by atoms with E-state index in [1.54, 1.807) is 7.11 Å². The van der Waals surface area contributed by atoms with Crippen molar-refractivity contribution in [1.29, 1.82) is 0 Å². The molecule has 3 aromatic rings. The number of carbonyl (C=O) groups excluding carboxylic acids is 3. The van der Waals surface area contributed by atoms with Gasteiger partial charge in [-0.1, -0.05) is 36.4 Å². The highest BCUT2D eigenvalue weighted by Gasteiger charge is 2.37. The van der Waals surface area contributed by atoms with Crippen molar-refractivity contribution < 1.29 is 19.1 Å². The van der Waals surface area contributed by atoms with Crippen LogP contribution < -0.4 is 10.6 Å². The third-order valence-corrected chi connectivity index (χ3v) is 5.57. The summed E-state index contributed by atoms with van der Waals surface area (Å²) in [5.74, 6) is -0.505. The molecule has 0 radical (unpaired) electrons. The molecule has 0 spiro atoms. The number of carbonyl (C=O) groups is 3. The van der Waals surface area contributed by atoms with Crippen molar-refractivity contribution in [3.8, 4) is 0 Å². The fourth-order valence-electron chi connectivity index (χ4n) is 3.89. The van der Waals surface area contributed by atoms with Crippen LogP contribution >= 0.6 is 0 Å². The Morgan fingerprint density at radius 2 is 1.91 bits per heavy atom. The van der Waals surface area contributed by atoms with Gasteiger partial charge in [0.1, 0.15) is 6.04 Å². The molecular formula is C24H26N4O4. The molecule has 0 saturated carbocycles. The number of benzene rings is 2. The van der Waals surface area contributed by atoms with E-state index < -0.39 is 12.1 Å². The number of anilines is 1. The molecule has 1 saturated heterocycles. The second-order valence-electron chi connectivity index (χ2n) is 7.74. The Morgan fingerprint density at radius 1 is 1.09 bits per heavy atom. The van der Waals surface area contributed by atoms with Crippen LogP contribution in [0.3, 0.4) is 0 Å². The predicted octanol–water partition coefficient (Wildman–Crippen LogP) is 3.13. The summed E-state index contributed by atoms with van der Waals surface area (Å²) in [5, 5.41) is 6.56. The van der Waals surface area contributed by atoms with Gasteiger partial charge in [0.05, 0.1) is 24.4 Å². The molecule has 2 heterocycles. The average molecular weight is 434 g/mol. The first-order valence-electron chi connectivity index (χ1n) is 10.6. The van der Waals surface area contributed by atoms with Crippen LogP contribution in [0.1, 0.15) is 18.4 Å². The standard InChI is InChI=1S/C24H26N4O4/c1-32-15-14-27-13-12-18-19(8-5-9-21(18)27)25-22(29)11-10-20-23(30)28(24(31)26-20)16-17-6-3-2-4-7-17/h2-9,12-13,20H,10-11,14-16H2,1H3,(H,25,29)(H,26,31)/t20-/m1/s1. The summed E-state index contributed by atoms with van der Waals surface area (Å²) in [7, 11) is 1.66. The number of urea groups is 1. The Morgan fingerprint density at radius 3 is 2.69 bits per heavy atom. The first-order valence-corrected chi connectivity index (χ1v) is 10.6. The van der Waals surface area contributed by atoms with E-state index in [4.69, 9.17) is 4.74 Å². The normalized spacial score (nSPS) is 15.9. The van der Waals surface area contributed by atoms with Gasteiger partial charge in [0.15, 0.2) is 0 Å². The Bertz CT molecular complexity index is 1130. The number of aromatic nitrogens is 1. The largest absolute Gasteiger partial charge is 0.383 e. The highest BCUT2D eigenvalue weighted by molar-refractivity contribution is 6.05. The van der Waals surface area contributed by atoms with Crippen molar-refractivity contribution in [2.45, 2.75) is 32.0 Å². The maximum atomic E-state index is 12.7. The summed E-state index contributed by atoms with van der Waals surface area (Å²) in [4.78, 5) is 38.7. The zero-order valence-corrected chi connectivity index (χ0v) is 17.9. The van der Waals surface area contributed by atoms with Crippen molar-refractivity contribution in [3.63, 3.8) is 0 Å². The molecule has 166 valence electrons. The fraction of sp³-hybridized carbons (Fsp3) is 0.292. The van der Waals surface area contributed by atoms with Crippen LogP contribution in [0.25, 0.3) is 10.9 Å². The molecule has 2 aromatic carbocycles. The Kier molecular flexibility index (Phi) is 6.51. The van der Waals surface area contributed by atoms with Gasteiger partial charge in [0.2, 0.25) is 5.91 Å². The second-order valence-corrected chi connectivity index (χ2v) is 7.74. The van der Waals surface area contributed by atoms with Crippen LogP contribution in [0.15, 0.2) is 60.8 Å². The van der Waals surface area contributed by atoms with Gasteiger partial charge >= 0.3 is 6.03 Å². The molecule has 0 bridgehead atoms. The first kappa shape index (κ1) is 21.6. The fourth-order valence-corrected chi connectivity index (χ4v) is 3.89. The summed E-state index contributed by atoms with van der Waals surface area (Å²) in [5.41, 5.74) is 2.60. The average Bonchev–Trinajstić information content (AvgIpc) is 3.33. The number of ether oxygens (including phenoxy) is 1. The molecule has 4 rings (SSSR count). The van der Waals surface area contributed by atoms with Gasteiger partial charge in [0, 0.05) is 31.7 Å². The van der Waals surface area contributed by atoms with Gasteiger partial charge in [-0.05, 0) is 30.2 Å². The van der Waals surface area contributed by atoms with E-state index in [9.17, 15) is 14.4 Å². The van der Waals surface area contributed by atoms with Crippen LogP contribution in [-0.4, -0.2) is 47.1 Å². The van der Waals surface area contributed by atoms with E-state index >= 15 is 0 Å². The topological polar surface area (TPSA) is 92.7 Å². The number of fused-ring (bicyclic) bond motifs is 1. The lowest BCUT2D eigenvalue weighted by Crippen LogP contribution is -2.31. The molecule has 1 aromatic heterocycles. The lowest BCUT2D eigenvalue weighted by atomic mass is 10.1. The number of nitrogens with zero attached hydrogens (tertiary/aromatic N) is 2. The molecule has 8 heteroatoms. The van der Waals surface area contributed by atoms with Crippen LogP contribution in [0.2, 0.25) is 0 Å². The zero-order chi connectivity index (χ0) is 22.5. The molecule has 8 nitrogen and oxygen atoms in total. The summed E-state index contributed by atoms with van der Waals surface area (Å²) < 4.78 is 7.22. The Labute approximate surface area is 186 Å². The van der Waals surface area contributed by atoms with E-state index in [-0.39, 0.29) is 31.2 Å². The lowest BCUT2D eigenvalue weighted by Gasteiger charge is -2.13. The molecule has 0 unspecified atom stereocenters. The van der Waals surface area contributed by atoms with Crippen LogP contribution in [0.5, 0.6) is 0 Å². The van der Waals surface area contributed by atoms with Crippen LogP contribution in [0.4, 0.5) is 10.5 Å². The second kappa shape index (κ2) is 9.65. The molecule has 2 N–H and O–H groups in total. The summed E-state index contributed by atoms with van der Waals surface area (Å²) in [6.07, 6.45) is 2.33. The molecule has 1 aliphatic heterocycles. The number of hydrogen-bond acceptors (Lipinski definition) is 4. The third kappa shape index (κ3) is 4.65. The number of hydrogen-bond donors (Lipinski definition) is 2. The van der Waals surface area contributed by atoms with Crippen molar-refractivity contribution in [3.05, 3.63) is 66.4 Å². The zero-order valence-electron chi connectivity index (χ0n) is 17.9. The van der Waals surface area contributed by atoms with Gasteiger partial charge in [-0.2, -0.15) is 0 Å². The van der Waals surface area contributed by atoms with Gasteiger partial charge in [-0.25, -0.2) is 4.79 Å². The van der Waals surface area contributed by atoms with E-state index in [1.807, 2.05) is 60.8 Å². The van der Waals surface area contributed by atoms with E-state index in [2.05, 4.69) is 15.2 Å². The highest BCUT2D eigenvalue weighted by atomic mass is 16.5. The van der Waals surface area contributed by atoms with Crippen molar-refractivity contribution >= 4 is 34.4 Å². The lowest BCUT2D eigenvalue weighted by molar-refractivity contribution is -0.128. The summed E-state index contributed by atoms with van der Waals surface area (Å²) in [6, 6.07) is 15.9. The van der Waals surface area contributed by atoms with Gasteiger partial charge in [-0.3, -0.25) is 14.5 Å². The summed E-state index contributed by atoms with van der Waals surface area (Å²) >= 11 is 0. The monoisotopic (exact) mass is 434 g/mol. The van der Waals surface area contributed by atoms with E-state index in [1.165, 1.54) is 4.90 Å². The Hall–Kier alpha value is -3.65. The number of nitrogens with one attached hydrogen (secondary N) is 2. The molecule has 1 fully saturated rings. The third-order valence-electron chi connectivity index (χ3n) is 5.57. The maximum absolute atomic E-state index is 12.7. The number of imide groups is 1. The van der Waals surface area contributed by atoms with E-state index in [0.717, 1.165) is 28.7 Å². The predicted molar refractivity (Wildman–Crippen MR) is 121 cm³/mol. The van der Waals surface area contributed by atoms with Gasteiger partial charge in [0.25, 0.3) is 5.91 Å². The number of methoxy groups -OCH3 is 1. The minimum Gasteiger partial charge on any atom is -0.383 e.